The van der Waals surface area contributed by atoms with Crippen LogP contribution in [0.3, 0.4) is 0 Å². The Hall–Kier alpha value is -2.16. The molecule has 0 amide bonds. The van der Waals surface area contributed by atoms with Crippen LogP contribution >= 0.6 is 11.3 Å². The van der Waals surface area contributed by atoms with E-state index in [0.717, 1.165) is 4.88 Å². The minimum absolute atomic E-state index is 0.0312. The van der Waals surface area contributed by atoms with Crippen molar-refractivity contribution in [3.63, 3.8) is 0 Å². The highest BCUT2D eigenvalue weighted by Gasteiger charge is 2.34. The summed E-state index contributed by atoms with van der Waals surface area (Å²) in [5.74, 6) is 0.602. The summed E-state index contributed by atoms with van der Waals surface area (Å²) >= 11 is 1.46. The molecule has 0 aliphatic carbocycles. The van der Waals surface area contributed by atoms with Crippen molar-refractivity contribution in [2.75, 3.05) is 18.0 Å². The van der Waals surface area contributed by atoms with Crippen molar-refractivity contribution in [2.45, 2.75) is 36.0 Å². The maximum Gasteiger partial charge on any atom is 0.240 e. The number of sulfone groups is 1. The number of oxazole rings is 1. The molecule has 1 fully saturated rings. The second kappa shape index (κ2) is 7.10. The van der Waals surface area contributed by atoms with Gasteiger partial charge >= 0.3 is 0 Å². The van der Waals surface area contributed by atoms with Gasteiger partial charge in [0.15, 0.2) is 0 Å². The zero-order chi connectivity index (χ0) is 19.0. The van der Waals surface area contributed by atoms with Crippen molar-refractivity contribution in [2.24, 2.45) is 0 Å². The molecule has 1 aliphatic rings. The number of anilines is 1. The Bertz CT molecular complexity index is 1000. The lowest BCUT2D eigenvalue weighted by molar-refractivity contribution is -0.00657. The number of benzene rings is 1. The third kappa shape index (κ3) is 3.52. The normalized spacial score (nSPS) is 20.7. The van der Waals surface area contributed by atoms with E-state index >= 15 is 0 Å². The van der Waals surface area contributed by atoms with Crippen LogP contribution < -0.4 is 4.90 Å². The van der Waals surface area contributed by atoms with Gasteiger partial charge in [0.2, 0.25) is 26.6 Å². The number of hydrogen-bond donors (Lipinski definition) is 0. The second-order valence-corrected chi connectivity index (χ2v) is 9.40. The predicted molar refractivity (Wildman–Crippen MR) is 104 cm³/mol. The maximum atomic E-state index is 13.3. The first-order valence-electron chi connectivity index (χ1n) is 8.70. The number of ether oxygens (including phenoxy) is 1. The molecule has 0 N–H and O–H groups in total. The molecule has 1 saturated heterocycles. The summed E-state index contributed by atoms with van der Waals surface area (Å²) in [6.07, 6.45) is -0.0624. The van der Waals surface area contributed by atoms with Gasteiger partial charge in [-0.2, -0.15) is 4.98 Å². The lowest BCUT2D eigenvalue weighted by atomic mass is 10.2. The second-order valence-electron chi connectivity index (χ2n) is 6.59. The quantitative estimate of drug-likeness (QED) is 0.658. The fourth-order valence-electron chi connectivity index (χ4n) is 3.23. The molecule has 8 heteroatoms. The summed E-state index contributed by atoms with van der Waals surface area (Å²) in [5, 5.41) is 1.86. The standard InChI is InChI=1S/C19H20N2O4S2/c1-13-11-21(12-14(2)24-13)19-18(20-17(25-19)16-9-6-10-26-16)27(22,23)15-7-4-3-5-8-15/h3-10,13-14H,11-12H2,1-2H3/t13-,14+. The van der Waals surface area contributed by atoms with Crippen LogP contribution in [0.5, 0.6) is 0 Å². The highest BCUT2D eigenvalue weighted by molar-refractivity contribution is 7.91. The van der Waals surface area contributed by atoms with Crippen LogP contribution in [0.15, 0.2) is 62.2 Å². The number of nitrogens with zero attached hydrogens (tertiary/aromatic N) is 2. The van der Waals surface area contributed by atoms with E-state index in [1.165, 1.54) is 11.3 Å². The van der Waals surface area contributed by atoms with Gasteiger partial charge in [0.05, 0.1) is 22.0 Å². The average molecular weight is 405 g/mol. The van der Waals surface area contributed by atoms with Gasteiger partial charge in [-0.15, -0.1) is 11.3 Å². The molecule has 0 spiro atoms. The first-order valence-corrected chi connectivity index (χ1v) is 11.1. The summed E-state index contributed by atoms with van der Waals surface area (Å²) in [7, 11) is -3.81. The molecule has 142 valence electrons. The van der Waals surface area contributed by atoms with Crippen LogP contribution in [0.2, 0.25) is 0 Å². The SMILES string of the molecule is C[C@@H]1CN(c2oc(-c3cccs3)nc2S(=O)(=O)c2ccccc2)C[C@H](C)O1. The highest BCUT2D eigenvalue weighted by atomic mass is 32.2. The van der Waals surface area contributed by atoms with Gasteiger partial charge in [0, 0.05) is 13.1 Å². The molecule has 4 rings (SSSR count). The number of rotatable bonds is 4. The zero-order valence-electron chi connectivity index (χ0n) is 15.0. The first kappa shape index (κ1) is 18.2. The highest BCUT2D eigenvalue weighted by Crippen LogP contribution is 2.37. The Labute approximate surface area is 162 Å². The van der Waals surface area contributed by atoms with Gasteiger partial charge in [-0.1, -0.05) is 24.3 Å². The van der Waals surface area contributed by atoms with Crippen LogP contribution in [-0.4, -0.2) is 38.7 Å². The van der Waals surface area contributed by atoms with Crippen LogP contribution in [-0.2, 0) is 14.6 Å². The summed E-state index contributed by atoms with van der Waals surface area (Å²) in [4.78, 5) is 7.31. The number of hydrogen-bond acceptors (Lipinski definition) is 7. The molecular formula is C19H20N2O4S2. The average Bonchev–Trinajstić information content (AvgIpc) is 3.31. The summed E-state index contributed by atoms with van der Waals surface area (Å²) in [6.45, 7) is 5.01. The largest absolute Gasteiger partial charge is 0.418 e. The molecule has 0 saturated carbocycles. The Morgan fingerprint density at radius 3 is 2.41 bits per heavy atom. The van der Waals surface area contributed by atoms with Crippen LogP contribution in [0.1, 0.15) is 13.8 Å². The lowest BCUT2D eigenvalue weighted by Gasteiger charge is -2.35. The number of thiophene rings is 1. The van der Waals surface area contributed by atoms with Crippen LogP contribution in [0, 0.1) is 0 Å². The molecule has 2 atom stereocenters. The fourth-order valence-corrected chi connectivity index (χ4v) is 5.23. The molecule has 2 aromatic heterocycles. The van der Waals surface area contributed by atoms with Crippen molar-refractivity contribution >= 4 is 27.1 Å². The van der Waals surface area contributed by atoms with Crippen LogP contribution in [0.4, 0.5) is 5.88 Å². The Morgan fingerprint density at radius 2 is 1.78 bits per heavy atom. The molecule has 3 heterocycles. The summed E-state index contributed by atoms with van der Waals surface area (Å²) in [6, 6.07) is 12.1. The van der Waals surface area contributed by atoms with Gasteiger partial charge in [0.25, 0.3) is 0 Å². The van der Waals surface area contributed by atoms with Crippen molar-refractivity contribution in [1.82, 2.24) is 4.98 Å². The smallest absolute Gasteiger partial charge is 0.240 e. The van der Waals surface area contributed by atoms with Crippen molar-refractivity contribution in [1.29, 1.82) is 0 Å². The molecule has 1 aromatic carbocycles. The van der Waals surface area contributed by atoms with E-state index in [-0.39, 0.29) is 28.0 Å². The monoisotopic (exact) mass is 404 g/mol. The summed E-state index contributed by atoms with van der Waals surface area (Å²) in [5.41, 5.74) is 0. The van der Waals surface area contributed by atoms with Crippen molar-refractivity contribution < 1.29 is 17.6 Å². The third-order valence-electron chi connectivity index (χ3n) is 4.33. The number of aromatic nitrogens is 1. The van der Waals surface area contributed by atoms with E-state index in [1.807, 2.05) is 36.3 Å². The Kier molecular flexibility index (Phi) is 4.79. The van der Waals surface area contributed by atoms with Gasteiger partial charge in [0.1, 0.15) is 0 Å². The molecule has 1 aliphatic heterocycles. The van der Waals surface area contributed by atoms with Gasteiger partial charge in [-0.05, 0) is 37.4 Å². The summed E-state index contributed by atoms with van der Waals surface area (Å²) < 4.78 is 38.3. The van der Waals surface area contributed by atoms with Gasteiger partial charge < -0.3 is 14.1 Å². The third-order valence-corrected chi connectivity index (χ3v) is 6.85. The van der Waals surface area contributed by atoms with E-state index in [1.54, 1.807) is 30.3 Å². The molecule has 0 radical (unpaired) electrons. The van der Waals surface area contributed by atoms with E-state index < -0.39 is 9.84 Å². The molecule has 0 unspecified atom stereocenters. The van der Waals surface area contributed by atoms with Crippen molar-refractivity contribution in [3.8, 4) is 10.8 Å². The zero-order valence-corrected chi connectivity index (χ0v) is 16.7. The maximum absolute atomic E-state index is 13.3. The van der Waals surface area contributed by atoms with Crippen molar-refractivity contribution in [3.05, 3.63) is 47.8 Å². The molecular weight excluding hydrogens is 384 g/mol. The molecule has 0 bridgehead atoms. The van der Waals surface area contributed by atoms with E-state index in [2.05, 4.69) is 4.98 Å². The first-order chi connectivity index (χ1) is 12.9. The van der Waals surface area contributed by atoms with Crippen LogP contribution in [0.25, 0.3) is 10.8 Å². The Morgan fingerprint density at radius 1 is 1.07 bits per heavy atom. The van der Waals surface area contributed by atoms with Gasteiger partial charge in [-0.25, -0.2) is 8.42 Å². The van der Waals surface area contributed by atoms with Gasteiger partial charge in [-0.3, -0.25) is 0 Å². The fraction of sp³-hybridized carbons (Fsp3) is 0.316. The van der Waals surface area contributed by atoms with E-state index in [9.17, 15) is 8.42 Å². The lowest BCUT2D eigenvalue weighted by Crippen LogP contribution is -2.45. The number of morpholine rings is 1. The van der Waals surface area contributed by atoms with E-state index in [0.29, 0.717) is 19.0 Å². The molecule has 6 nitrogen and oxygen atoms in total. The Balaban J connectivity index is 1.84. The minimum atomic E-state index is -3.81. The topological polar surface area (TPSA) is 72.6 Å². The molecule has 27 heavy (non-hydrogen) atoms. The minimum Gasteiger partial charge on any atom is -0.418 e. The predicted octanol–water partition coefficient (Wildman–Crippen LogP) is 3.85. The van der Waals surface area contributed by atoms with E-state index in [4.69, 9.17) is 9.15 Å². The molecule has 3 aromatic rings.